The van der Waals surface area contributed by atoms with Crippen LogP contribution in [0.2, 0.25) is 0 Å². The number of pyridine rings is 1. The molecule has 1 aliphatic rings. The Hall–Kier alpha value is -1.40. The van der Waals surface area contributed by atoms with Crippen molar-refractivity contribution in [1.29, 1.82) is 0 Å². The number of nitrogens with two attached hydrogens (primary N) is 1. The summed E-state index contributed by atoms with van der Waals surface area (Å²) in [4.78, 5) is 11.8. The fourth-order valence-electron chi connectivity index (χ4n) is 2.18. The van der Waals surface area contributed by atoms with E-state index >= 15 is 0 Å². The summed E-state index contributed by atoms with van der Waals surface area (Å²) >= 11 is 1.39. The number of hydrogen-bond donors (Lipinski definition) is 1. The lowest BCUT2D eigenvalue weighted by Crippen LogP contribution is -2.25. The average molecular weight is 264 g/mol. The van der Waals surface area contributed by atoms with Crippen molar-refractivity contribution in [3.8, 4) is 5.88 Å². The van der Waals surface area contributed by atoms with Gasteiger partial charge in [-0.25, -0.2) is 9.97 Å². The quantitative estimate of drug-likeness (QED) is 0.911. The molecule has 0 amide bonds. The van der Waals surface area contributed by atoms with E-state index in [2.05, 4.69) is 14.9 Å². The minimum atomic E-state index is 0.548. The van der Waals surface area contributed by atoms with E-state index in [0.29, 0.717) is 17.6 Å². The first-order valence-electron chi connectivity index (χ1n) is 6.19. The first kappa shape index (κ1) is 11.7. The predicted octanol–water partition coefficient (Wildman–Crippen LogP) is 1.75. The van der Waals surface area contributed by atoms with E-state index in [4.69, 9.17) is 10.5 Å². The van der Waals surface area contributed by atoms with Crippen LogP contribution in [0.4, 0.5) is 5.13 Å². The Morgan fingerprint density at radius 3 is 2.94 bits per heavy atom. The van der Waals surface area contributed by atoms with Gasteiger partial charge in [-0.15, -0.1) is 0 Å². The lowest BCUT2D eigenvalue weighted by Gasteiger charge is -2.14. The molecule has 2 N–H and O–H groups in total. The fourth-order valence-corrected chi connectivity index (χ4v) is 2.88. The van der Waals surface area contributed by atoms with Gasteiger partial charge >= 0.3 is 0 Å². The first-order valence-corrected chi connectivity index (χ1v) is 7.01. The van der Waals surface area contributed by atoms with E-state index in [9.17, 15) is 0 Å². The van der Waals surface area contributed by atoms with Crippen molar-refractivity contribution in [2.75, 3.05) is 32.0 Å². The molecular weight excluding hydrogens is 248 g/mol. The maximum absolute atomic E-state index is 5.67. The van der Waals surface area contributed by atoms with Crippen molar-refractivity contribution in [1.82, 2.24) is 14.9 Å². The van der Waals surface area contributed by atoms with E-state index < -0.39 is 0 Å². The zero-order valence-corrected chi connectivity index (χ0v) is 10.9. The molecule has 96 valence electrons. The largest absolute Gasteiger partial charge is 0.476 e. The lowest BCUT2D eigenvalue weighted by molar-refractivity contribution is 0.232. The zero-order chi connectivity index (χ0) is 12.4. The SMILES string of the molecule is Nc1nc2ccc(OCCN3CCCC3)nc2s1. The number of ether oxygens (including phenoxy) is 1. The molecule has 2 aromatic heterocycles. The van der Waals surface area contributed by atoms with Gasteiger partial charge in [-0.05, 0) is 32.0 Å². The number of nitrogens with zero attached hydrogens (tertiary/aromatic N) is 3. The third kappa shape index (κ3) is 2.54. The first-order chi connectivity index (χ1) is 8.81. The van der Waals surface area contributed by atoms with Gasteiger partial charge in [0.05, 0.1) is 0 Å². The van der Waals surface area contributed by atoms with Gasteiger partial charge in [0.25, 0.3) is 0 Å². The van der Waals surface area contributed by atoms with Crippen LogP contribution in [-0.2, 0) is 0 Å². The van der Waals surface area contributed by atoms with Crippen LogP contribution in [-0.4, -0.2) is 41.1 Å². The molecule has 0 spiro atoms. The molecule has 6 heteroatoms. The van der Waals surface area contributed by atoms with Crippen LogP contribution in [0, 0.1) is 0 Å². The Balaban J connectivity index is 1.59. The van der Waals surface area contributed by atoms with Crippen molar-refractivity contribution in [3.05, 3.63) is 12.1 Å². The molecule has 5 nitrogen and oxygen atoms in total. The van der Waals surface area contributed by atoms with E-state index in [1.807, 2.05) is 12.1 Å². The molecule has 0 atom stereocenters. The smallest absolute Gasteiger partial charge is 0.214 e. The monoisotopic (exact) mass is 264 g/mol. The van der Waals surface area contributed by atoms with Crippen molar-refractivity contribution in [3.63, 3.8) is 0 Å². The third-order valence-corrected chi connectivity index (χ3v) is 3.90. The minimum absolute atomic E-state index is 0.548. The van der Waals surface area contributed by atoms with Crippen molar-refractivity contribution in [2.24, 2.45) is 0 Å². The summed E-state index contributed by atoms with van der Waals surface area (Å²) in [6.07, 6.45) is 2.62. The highest BCUT2D eigenvalue weighted by atomic mass is 32.1. The van der Waals surface area contributed by atoms with Crippen LogP contribution in [0.15, 0.2) is 12.1 Å². The van der Waals surface area contributed by atoms with Crippen LogP contribution in [0.25, 0.3) is 10.3 Å². The molecule has 0 radical (unpaired) electrons. The van der Waals surface area contributed by atoms with Gasteiger partial charge in [0, 0.05) is 12.6 Å². The highest BCUT2D eigenvalue weighted by Gasteiger charge is 2.11. The molecule has 0 unspecified atom stereocenters. The molecule has 3 rings (SSSR count). The number of aromatic nitrogens is 2. The van der Waals surface area contributed by atoms with Crippen LogP contribution >= 0.6 is 11.3 Å². The standard InChI is InChI=1S/C12H16N4OS/c13-12-14-9-3-4-10(15-11(9)18-12)17-8-7-16-5-1-2-6-16/h3-4H,1-2,5-8H2,(H2,13,14). The van der Waals surface area contributed by atoms with E-state index in [0.717, 1.165) is 16.9 Å². The van der Waals surface area contributed by atoms with Crippen molar-refractivity contribution < 1.29 is 4.74 Å². The van der Waals surface area contributed by atoms with Gasteiger partial charge < -0.3 is 10.5 Å². The van der Waals surface area contributed by atoms with E-state index in [1.54, 1.807) is 0 Å². The lowest BCUT2D eigenvalue weighted by atomic mass is 10.4. The van der Waals surface area contributed by atoms with Crippen LogP contribution in [0.1, 0.15) is 12.8 Å². The summed E-state index contributed by atoms with van der Waals surface area (Å²) in [5.74, 6) is 0.658. The molecule has 0 aromatic carbocycles. The van der Waals surface area contributed by atoms with E-state index in [1.165, 1.54) is 37.3 Å². The summed E-state index contributed by atoms with van der Waals surface area (Å²) in [7, 11) is 0. The van der Waals surface area contributed by atoms with Gasteiger partial charge in [0.1, 0.15) is 17.0 Å². The minimum Gasteiger partial charge on any atom is -0.476 e. The van der Waals surface area contributed by atoms with Crippen LogP contribution in [0.3, 0.4) is 0 Å². The molecule has 1 saturated heterocycles. The Morgan fingerprint density at radius 1 is 1.28 bits per heavy atom. The van der Waals surface area contributed by atoms with Crippen LogP contribution < -0.4 is 10.5 Å². The molecule has 1 fully saturated rings. The molecule has 3 heterocycles. The van der Waals surface area contributed by atoms with E-state index in [-0.39, 0.29) is 0 Å². The zero-order valence-electron chi connectivity index (χ0n) is 10.1. The summed E-state index contributed by atoms with van der Waals surface area (Å²) in [6.45, 7) is 4.06. The van der Waals surface area contributed by atoms with Gasteiger partial charge in [-0.3, -0.25) is 4.90 Å². The van der Waals surface area contributed by atoms with Gasteiger partial charge in [0.15, 0.2) is 5.13 Å². The number of anilines is 1. The van der Waals surface area contributed by atoms with Crippen molar-refractivity contribution in [2.45, 2.75) is 12.8 Å². The number of hydrogen-bond acceptors (Lipinski definition) is 6. The molecule has 18 heavy (non-hydrogen) atoms. The summed E-state index contributed by atoms with van der Waals surface area (Å²) < 4.78 is 5.67. The fraction of sp³-hybridized carbons (Fsp3) is 0.500. The molecule has 2 aromatic rings. The Bertz CT molecular complexity index is 536. The summed E-state index contributed by atoms with van der Waals surface area (Å²) in [5, 5.41) is 0.548. The Morgan fingerprint density at radius 2 is 2.11 bits per heavy atom. The maximum Gasteiger partial charge on any atom is 0.214 e. The van der Waals surface area contributed by atoms with Gasteiger partial charge in [-0.2, -0.15) is 0 Å². The molecule has 0 bridgehead atoms. The normalized spacial score (nSPS) is 16.4. The highest BCUT2D eigenvalue weighted by Crippen LogP contribution is 2.23. The second-order valence-corrected chi connectivity index (χ2v) is 5.43. The number of rotatable bonds is 4. The number of likely N-dealkylation sites (tertiary alicyclic amines) is 1. The Labute approximate surface area is 110 Å². The summed E-state index contributed by atoms with van der Waals surface area (Å²) in [6, 6.07) is 3.76. The predicted molar refractivity (Wildman–Crippen MR) is 73.0 cm³/mol. The summed E-state index contributed by atoms with van der Waals surface area (Å²) in [5.41, 5.74) is 6.48. The second kappa shape index (κ2) is 5.07. The maximum atomic E-state index is 5.67. The third-order valence-electron chi connectivity index (χ3n) is 3.10. The molecule has 0 saturated carbocycles. The van der Waals surface area contributed by atoms with Crippen molar-refractivity contribution >= 4 is 26.8 Å². The Kier molecular flexibility index (Phi) is 3.29. The number of thiazole rings is 1. The molecule has 1 aliphatic heterocycles. The number of nitrogen functional groups attached to an aromatic ring is 1. The highest BCUT2D eigenvalue weighted by molar-refractivity contribution is 7.21. The second-order valence-electron chi connectivity index (χ2n) is 4.42. The average Bonchev–Trinajstić information content (AvgIpc) is 2.96. The molecule has 0 aliphatic carbocycles. The molecular formula is C12H16N4OS. The number of fused-ring (bicyclic) bond motifs is 1. The van der Waals surface area contributed by atoms with Crippen LogP contribution in [0.5, 0.6) is 5.88 Å². The topological polar surface area (TPSA) is 64.3 Å². The van der Waals surface area contributed by atoms with Gasteiger partial charge in [0.2, 0.25) is 5.88 Å². The van der Waals surface area contributed by atoms with Gasteiger partial charge in [-0.1, -0.05) is 11.3 Å².